The number of rotatable bonds is 6. The Morgan fingerprint density at radius 1 is 1.03 bits per heavy atom. The van der Waals surface area contributed by atoms with E-state index in [1.807, 2.05) is 6.92 Å². The number of hydrogen-bond acceptors (Lipinski definition) is 5. The molecule has 2 amide bonds. The van der Waals surface area contributed by atoms with Crippen molar-refractivity contribution in [2.45, 2.75) is 25.8 Å². The summed E-state index contributed by atoms with van der Waals surface area (Å²) in [6.07, 6.45) is 1.58. The minimum absolute atomic E-state index is 0.0549. The first-order valence-corrected chi connectivity index (χ1v) is 11.6. The third kappa shape index (κ3) is 6.14. The van der Waals surface area contributed by atoms with Gasteiger partial charge in [0.1, 0.15) is 28.8 Å². The van der Waals surface area contributed by atoms with Crippen molar-refractivity contribution in [1.29, 1.82) is 0 Å². The fourth-order valence-electron chi connectivity index (χ4n) is 4.09. The zero-order valence-electron chi connectivity index (χ0n) is 21.1. The number of hydrogen-bond donors (Lipinski definition) is 1. The van der Waals surface area contributed by atoms with Gasteiger partial charge < -0.3 is 24.3 Å². The third-order valence-corrected chi connectivity index (χ3v) is 6.01. The second-order valence-corrected chi connectivity index (χ2v) is 8.21. The molecule has 0 spiro atoms. The number of methoxy groups -OCH3 is 2. The minimum atomic E-state index is -0.754. The summed E-state index contributed by atoms with van der Waals surface area (Å²) < 4.78 is 39.9. The number of nitrogens with one attached hydrogen (secondary N) is 1. The minimum Gasteiger partial charge on any atom is -0.497 e. The number of ether oxygens (including phenoxy) is 2. The lowest BCUT2D eigenvalue weighted by Gasteiger charge is -2.18. The monoisotopic (exact) mass is 513 g/mol. The van der Waals surface area contributed by atoms with E-state index < -0.39 is 17.6 Å². The van der Waals surface area contributed by atoms with E-state index in [0.717, 1.165) is 12.1 Å². The van der Waals surface area contributed by atoms with Crippen LogP contribution in [0.4, 0.5) is 14.5 Å². The van der Waals surface area contributed by atoms with Gasteiger partial charge in [0.15, 0.2) is 0 Å². The van der Waals surface area contributed by atoms with Crippen LogP contribution in [0.3, 0.4) is 0 Å². The lowest BCUT2D eigenvalue weighted by atomic mass is 9.97. The molecule has 4 rings (SSSR count). The Bertz CT molecular complexity index is 1320. The van der Waals surface area contributed by atoms with Crippen LogP contribution in [0.25, 0.3) is 0 Å². The van der Waals surface area contributed by atoms with E-state index in [0.29, 0.717) is 17.9 Å². The van der Waals surface area contributed by atoms with Gasteiger partial charge in [0.05, 0.1) is 14.2 Å². The molecule has 1 saturated heterocycles. The van der Waals surface area contributed by atoms with E-state index in [1.54, 1.807) is 56.8 Å². The highest BCUT2D eigenvalue weighted by molar-refractivity contribution is 5.96. The molecule has 1 unspecified atom stereocenters. The van der Waals surface area contributed by atoms with Crippen molar-refractivity contribution >= 4 is 17.5 Å². The summed E-state index contributed by atoms with van der Waals surface area (Å²) in [4.78, 5) is 37.2. The third-order valence-electron chi connectivity index (χ3n) is 6.01. The van der Waals surface area contributed by atoms with E-state index in [4.69, 9.17) is 9.47 Å². The number of halogens is 2. The number of carbonyl (C=O) groups is 2. The molecule has 1 aliphatic heterocycles. The van der Waals surface area contributed by atoms with Crippen LogP contribution in [0, 0.1) is 11.6 Å². The van der Waals surface area contributed by atoms with Crippen molar-refractivity contribution in [3.8, 4) is 11.5 Å². The van der Waals surface area contributed by atoms with Crippen LogP contribution in [0.5, 0.6) is 11.5 Å². The molecular weight excluding hydrogens is 484 g/mol. The Balaban J connectivity index is 0.000000266. The summed E-state index contributed by atoms with van der Waals surface area (Å²) in [5.41, 5.74) is 0.390. The van der Waals surface area contributed by atoms with Gasteiger partial charge in [-0.15, -0.1) is 0 Å². The molecule has 8 nitrogen and oxygen atoms in total. The Morgan fingerprint density at radius 3 is 2.30 bits per heavy atom. The maximum Gasteiger partial charge on any atom is 0.274 e. The lowest BCUT2D eigenvalue weighted by molar-refractivity contribution is -0.117. The summed E-state index contributed by atoms with van der Waals surface area (Å²) in [5, 5.41) is 2.54. The number of aryl methyl sites for hydroxylation is 1. The number of pyridine rings is 1. The van der Waals surface area contributed by atoms with Crippen molar-refractivity contribution in [3.63, 3.8) is 0 Å². The van der Waals surface area contributed by atoms with Crippen LogP contribution in [0.15, 0.2) is 59.5 Å². The molecule has 1 atom stereocenters. The first-order chi connectivity index (χ1) is 17.7. The van der Waals surface area contributed by atoms with E-state index in [-0.39, 0.29) is 47.3 Å². The predicted molar refractivity (Wildman–Crippen MR) is 135 cm³/mol. The number of nitrogens with zero attached hydrogens (tertiary/aromatic N) is 2. The van der Waals surface area contributed by atoms with Crippen molar-refractivity contribution < 1.29 is 27.8 Å². The summed E-state index contributed by atoms with van der Waals surface area (Å²) in [7, 11) is 4.49. The molecule has 0 bridgehead atoms. The standard InChI is InChI=1S/C18H18F2N2O3.C9H11NO2/c1-3-21-6-4-5-15(18(21)24)22-10-11(7-16(22)23)17-13(19)8-12(25-2)9-14(17)20;1-10-9(11)7-4-3-5-8(6-7)12-2/h4-6,8-9,11H,3,7,10H2,1-2H3;3-6H,1-2H3,(H,10,11). The molecule has 0 aliphatic carbocycles. The second kappa shape index (κ2) is 12.2. The van der Waals surface area contributed by atoms with Gasteiger partial charge in [0.2, 0.25) is 5.91 Å². The number of carbonyl (C=O) groups excluding carboxylic acids is 2. The Morgan fingerprint density at radius 2 is 1.70 bits per heavy atom. The highest BCUT2D eigenvalue weighted by Crippen LogP contribution is 2.35. The SMILES string of the molecule is CCn1cccc(N2CC(c3c(F)cc(OC)cc3F)CC2=O)c1=O.CNC(=O)c1cccc(OC)c1. The summed E-state index contributed by atoms with van der Waals surface area (Å²) >= 11 is 0. The average molecular weight is 514 g/mol. The molecule has 2 aromatic carbocycles. The first kappa shape index (κ1) is 27.4. The molecular formula is C27H29F2N3O5. The molecule has 2 heterocycles. The van der Waals surface area contributed by atoms with Gasteiger partial charge in [-0.25, -0.2) is 8.78 Å². The second-order valence-electron chi connectivity index (χ2n) is 8.21. The van der Waals surface area contributed by atoms with E-state index in [1.165, 1.54) is 16.6 Å². The van der Waals surface area contributed by atoms with Crippen LogP contribution >= 0.6 is 0 Å². The molecule has 0 radical (unpaired) electrons. The summed E-state index contributed by atoms with van der Waals surface area (Å²) in [5.74, 6) is -1.83. The van der Waals surface area contributed by atoms with Gasteiger partial charge in [-0.2, -0.15) is 0 Å². The number of anilines is 1. The quantitative estimate of drug-likeness (QED) is 0.543. The highest BCUT2D eigenvalue weighted by Gasteiger charge is 2.36. The van der Waals surface area contributed by atoms with Crippen LogP contribution < -0.4 is 25.2 Å². The van der Waals surface area contributed by atoms with Crippen LogP contribution in [0.1, 0.15) is 35.2 Å². The van der Waals surface area contributed by atoms with Crippen LogP contribution in [-0.2, 0) is 11.3 Å². The zero-order valence-corrected chi connectivity index (χ0v) is 21.1. The summed E-state index contributed by atoms with van der Waals surface area (Å²) in [6, 6.07) is 12.4. The number of benzene rings is 2. The molecule has 196 valence electrons. The predicted octanol–water partition coefficient (Wildman–Crippen LogP) is 3.73. The highest BCUT2D eigenvalue weighted by atomic mass is 19.1. The van der Waals surface area contributed by atoms with Gasteiger partial charge in [-0.1, -0.05) is 6.07 Å². The zero-order chi connectivity index (χ0) is 27.1. The molecule has 37 heavy (non-hydrogen) atoms. The maximum absolute atomic E-state index is 14.3. The summed E-state index contributed by atoms with van der Waals surface area (Å²) in [6.45, 7) is 2.35. The molecule has 1 aliphatic rings. The normalized spacial score (nSPS) is 14.6. The molecule has 1 aromatic heterocycles. The molecule has 1 N–H and O–H groups in total. The van der Waals surface area contributed by atoms with Crippen molar-refractivity contribution in [2.24, 2.45) is 0 Å². The van der Waals surface area contributed by atoms with E-state index >= 15 is 0 Å². The van der Waals surface area contributed by atoms with E-state index in [2.05, 4.69) is 5.32 Å². The van der Waals surface area contributed by atoms with Gasteiger partial charge in [-0.05, 0) is 37.3 Å². The van der Waals surface area contributed by atoms with Crippen molar-refractivity contribution in [2.75, 3.05) is 32.7 Å². The van der Waals surface area contributed by atoms with Crippen molar-refractivity contribution in [3.05, 3.63) is 87.8 Å². The lowest BCUT2D eigenvalue weighted by Crippen LogP contribution is -2.32. The van der Waals surface area contributed by atoms with Crippen LogP contribution in [0.2, 0.25) is 0 Å². The fourth-order valence-corrected chi connectivity index (χ4v) is 4.09. The van der Waals surface area contributed by atoms with Crippen LogP contribution in [-0.4, -0.2) is 44.2 Å². The number of amides is 2. The Kier molecular flexibility index (Phi) is 9.00. The van der Waals surface area contributed by atoms with Gasteiger partial charge in [0.25, 0.3) is 11.5 Å². The largest absolute Gasteiger partial charge is 0.497 e. The first-order valence-electron chi connectivity index (χ1n) is 11.6. The Hall–Kier alpha value is -4.21. The smallest absolute Gasteiger partial charge is 0.274 e. The Labute approximate surface area is 213 Å². The van der Waals surface area contributed by atoms with Gasteiger partial charge in [-0.3, -0.25) is 14.4 Å². The van der Waals surface area contributed by atoms with Gasteiger partial charge in [0, 0.05) is 61.9 Å². The van der Waals surface area contributed by atoms with Gasteiger partial charge >= 0.3 is 0 Å². The van der Waals surface area contributed by atoms with E-state index in [9.17, 15) is 23.2 Å². The fraction of sp³-hybridized carbons (Fsp3) is 0.296. The number of aromatic nitrogens is 1. The van der Waals surface area contributed by atoms with Crippen molar-refractivity contribution in [1.82, 2.24) is 9.88 Å². The molecule has 10 heteroatoms. The molecule has 0 saturated carbocycles. The maximum atomic E-state index is 14.3. The average Bonchev–Trinajstić information content (AvgIpc) is 3.28. The molecule has 3 aromatic rings. The topological polar surface area (TPSA) is 89.9 Å². The molecule has 1 fully saturated rings.